The van der Waals surface area contributed by atoms with Crippen LogP contribution in [0.4, 0.5) is 5.13 Å². The zero-order valence-electron chi connectivity index (χ0n) is 17.3. The largest absolute Gasteiger partial charge is 0.356 e. The molecule has 0 spiro atoms. The predicted octanol–water partition coefficient (Wildman–Crippen LogP) is 2.72. The Kier molecular flexibility index (Phi) is 7.07. The molecule has 0 amide bonds. The highest BCUT2D eigenvalue weighted by Crippen LogP contribution is 2.27. The predicted molar refractivity (Wildman–Crippen MR) is 119 cm³/mol. The summed E-state index contributed by atoms with van der Waals surface area (Å²) in [6, 6.07) is 0.522. The standard InChI is InChI=1S/C21H36N6S/c1-22-20(24-18-9-13-26(15-18)14-17-6-2-3-7-17)23-10-8-19-16-28-21(25-19)27-11-4-5-12-27/h16-18H,2-15H2,1H3,(H2,22,23,24). The molecule has 1 aliphatic carbocycles. The lowest BCUT2D eigenvalue weighted by Gasteiger charge is -2.21. The molecule has 2 saturated heterocycles. The van der Waals surface area contributed by atoms with Gasteiger partial charge in [-0.05, 0) is 38.0 Å². The summed E-state index contributed by atoms with van der Waals surface area (Å²) in [5, 5.41) is 10.5. The van der Waals surface area contributed by atoms with Gasteiger partial charge in [0, 0.05) is 64.2 Å². The van der Waals surface area contributed by atoms with Crippen LogP contribution in [0.25, 0.3) is 0 Å². The van der Waals surface area contributed by atoms with Gasteiger partial charge in [0.1, 0.15) is 0 Å². The van der Waals surface area contributed by atoms with Crippen LogP contribution in [0.2, 0.25) is 0 Å². The van der Waals surface area contributed by atoms with E-state index < -0.39 is 0 Å². The van der Waals surface area contributed by atoms with Crippen molar-refractivity contribution in [3.8, 4) is 0 Å². The summed E-state index contributed by atoms with van der Waals surface area (Å²) in [5.74, 6) is 1.88. The van der Waals surface area contributed by atoms with Gasteiger partial charge in [-0.15, -0.1) is 11.3 Å². The number of guanidine groups is 1. The van der Waals surface area contributed by atoms with E-state index in [9.17, 15) is 0 Å². The van der Waals surface area contributed by atoms with Gasteiger partial charge in [-0.2, -0.15) is 0 Å². The summed E-state index contributed by atoms with van der Waals surface area (Å²) in [7, 11) is 1.87. The molecule has 0 radical (unpaired) electrons. The van der Waals surface area contributed by atoms with Crippen molar-refractivity contribution < 1.29 is 0 Å². The molecule has 1 unspecified atom stereocenters. The van der Waals surface area contributed by atoms with Crippen LogP contribution in [0.1, 0.15) is 50.6 Å². The molecule has 156 valence electrons. The van der Waals surface area contributed by atoms with Crippen LogP contribution in [-0.4, -0.2) is 68.2 Å². The molecule has 7 heteroatoms. The minimum Gasteiger partial charge on any atom is -0.356 e. The van der Waals surface area contributed by atoms with E-state index in [0.717, 1.165) is 31.4 Å². The quantitative estimate of drug-likeness (QED) is 0.541. The third-order valence-corrected chi connectivity index (χ3v) is 7.37. The van der Waals surface area contributed by atoms with E-state index in [4.69, 9.17) is 4.98 Å². The van der Waals surface area contributed by atoms with Crippen molar-refractivity contribution in [1.29, 1.82) is 0 Å². The number of thiazole rings is 1. The van der Waals surface area contributed by atoms with E-state index >= 15 is 0 Å². The zero-order valence-corrected chi connectivity index (χ0v) is 18.1. The van der Waals surface area contributed by atoms with Crippen molar-refractivity contribution >= 4 is 22.4 Å². The average molecular weight is 405 g/mol. The monoisotopic (exact) mass is 404 g/mol. The highest BCUT2D eigenvalue weighted by molar-refractivity contribution is 7.13. The summed E-state index contributed by atoms with van der Waals surface area (Å²) in [6.45, 7) is 6.89. The Labute approximate surface area is 173 Å². The van der Waals surface area contributed by atoms with Gasteiger partial charge in [0.15, 0.2) is 11.1 Å². The van der Waals surface area contributed by atoms with Crippen LogP contribution in [0, 0.1) is 5.92 Å². The minimum absolute atomic E-state index is 0.522. The van der Waals surface area contributed by atoms with E-state index in [1.54, 1.807) is 11.3 Å². The molecule has 0 aromatic carbocycles. The molecule has 3 aliphatic rings. The SMILES string of the molecule is CN=C(NCCc1csc(N2CCCC2)n1)NC1CCN(CC2CCCC2)C1. The third-order valence-electron chi connectivity index (χ3n) is 6.42. The molecule has 1 aromatic heterocycles. The Bertz CT molecular complexity index is 633. The van der Waals surface area contributed by atoms with Crippen molar-refractivity contribution in [2.45, 2.75) is 57.4 Å². The summed E-state index contributed by atoms with van der Waals surface area (Å²) >= 11 is 1.79. The molecular formula is C21H36N6S. The maximum atomic E-state index is 4.81. The first-order valence-corrected chi connectivity index (χ1v) is 12.1. The number of hydrogen-bond donors (Lipinski definition) is 2. The molecular weight excluding hydrogens is 368 g/mol. The summed E-state index contributed by atoms with van der Waals surface area (Å²) in [5.41, 5.74) is 1.19. The van der Waals surface area contributed by atoms with Gasteiger partial charge in [0.05, 0.1) is 5.69 Å². The Morgan fingerprint density at radius 3 is 2.79 bits per heavy atom. The second-order valence-corrected chi connectivity index (χ2v) is 9.44. The van der Waals surface area contributed by atoms with E-state index in [-0.39, 0.29) is 0 Å². The molecule has 4 rings (SSSR count). The smallest absolute Gasteiger partial charge is 0.191 e. The number of hydrogen-bond acceptors (Lipinski definition) is 5. The van der Waals surface area contributed by atoms with Crippen LogP contribution in [-0.2, 0) is 6.42 Å². The highest BCUT2D eigenvalue weighted by Gasteiger charge is 2.26. The van der Waals surface area contributed by atoms with Crippen molar-refractivity contribution in [1.82, 2.24) is 20.5 Å². The topological polar surface area (TPSA) is 55.8 Å². The molecule has 3 fully saturated rings. The maximum Gasteiger partial charge on any atom is 0.191 e. The second kappa shape index (κ2) is 9.92. The summed E-state index contributed by atoms with van der Waals surface area (Å²) in [6.07, 6.45) is 10.5. The Hall–Kier alpha value is -1.34. The van der Waals surface area contributed by atoms with Gasteiger partial charge in [-0.1, -0.05) is 12.8 Å². The fourth-order valence-corrected chi connectivity index (χ4v) is 5.75. The van der Waals surface area contributed by atoms with Crippen LogP contribution in [0.3, 0.4) is 0 Å². The van der Waals surface area contributed by atoms with E-state index in [1.165, 1.54) is 82.0 Å². The molecule has 0 bridgehead atoms. The van der Waals surface area contributed by atoms with Gasteiger partial charge in [0.25, 0.3) is 0 Å². The van der Waals surface area contributed by atoms with Gasteiger partial charge in [0.2, 0.25) is 0 Å². The number of rotatable bonds is 7. The van der Waals surface area contributed by atoms with Crippen molar-refractivity contribution in [2.75, 3.05) is 51.2 Å². The molecule has 2 N–H and O–H groups in total. The maximum absolute atomic E-state index is 4.81. The molecule has 28 heavy (non-hydrogen) atoms. The Morgan fingerprint density at radius 2 is 2.00 bits per heavy atom. The van der Waals surface area contributed by atoms with Crippen LogP contribution in [0.5, 0.6) is 0 Å². The zero-order chi connectivity index (χ0) is 19.2. The van der Waals surface area contributed by atoms with Gasteiger partial charge < -0.3 is 20.4 Å². The number of nitrogens with zero attached hydrogens (tertiary/aromatic N) is 4. The molecule has 1 saturated carbocycles. The fourth-order valence-electron chi connectivity index (χ4n) is 4.84. The Balaban J connectivity index is 1.16. The Morgan fingerprint density at radius 1 is 1.18 bits per heavy atom. The average Bonchev–Trinajstić information content (AvgIpc) is 3.49. The molecule has 1 atom stereocenters. The van der Waals surface area contributed by atoms with Gasteiger partial charge in [-0.25, -0.2) is 4.98 Å². The normalized spacial score (nSPS) is 24.4. The third kappa shape index (κ3) is 5.38. The van der Waals surface area contributed by atoms with Gasteiger partial charge >= 0.3 is 0 Å². The summed E-state index contributed by atoms with van der Waals surface area (Å²) in [4.78, 5) is 14.3. The number of anilines is 1. The minimum atomic E-state index is 0.522. The van der Waals surface area contributed by atoms with Crippen LogP contribution in [0.15, 0.2) is 10.4 Å². The van der Waals surface area contributed by atoms with Crippen LogP contribution >= 0.6 is 11.3 Å². The molecule has 3 heterocycles. The number of aromatic nitrogens is 1. The lowest BCUT2D eigenvalue weighted by molar-refractivity contribution is 0.275. The van der Waals surface area contributed by atoms with Crippen molar-refractivity contribution in [3.05, 3.63) is 11.1 Å². The highest BCUT2D eigenvalue weighted by atomic mass is 32.1. The van der Waals surface area contributed by atoms with Gasteiger partial charge in [-0.3, -0.25) is 4.99 Å². The van der Waals surface area contributed by atoms with E-state index in [2.05, 4.69) is 30.8 Å². The van der Waals surface area contributed by atoms with E-state index in [1.807, 2.05) is 7.05 Å². The molecule has 2 aliphatic heterocycles. The molecule has 1 aromatic rings. The number of likely N-dealkylation sites (tertiary alicyclic amines) is 1. The van der Waals surface area contributed by atoms with E-state index in [0.29, 0.717) is 6.04 Å². The van der Waals surface area contributed by atoms with Crippen LogP contribution < -0.4 is 15.5 Å². The number of nitrogens with one attached hydrogen (secondary N) is 2. The lowest BCUT2D eigenvalue weighted by Crippen LogP contribution is -2.45. The lowest BCUT2D eigenvalue weighted by atomic mass is 10.1. The van der Waals surface area contributed by atoms with Crippen molar-refractivity contribution in [2.24, 2.45) is 10.9 Å². The number of aliphatic imine (C=N–C) groups is 1. The molecule has 6 nitrogen and oxygen atoms in total. The second-order valence-electron chi connectivity index (χ2n) is 8.60. The van der Waals surface area contributed by atoms with Crippen molar-refractivity contribution in [3.63, 3.8) is 0 Å². The fraction of sp³-hybridized carbons (Fsp3) is 0.810. The summed E-state index contributed by atoms with van der Waals surface area (Å²) < 4.78 is 0. The first-order chi connectivity index (χ1) is 13.8. The first kappa shape index (κ1) is 20.0. The first-order valence-electron chi connectivity index (χ1n) is 11.2.